The zero-order chi connectivity index (χ0) is 15.1. The van der Waals surface area contributed by atoms with E-state index in [2.05, 4.69) is 9.59 Å². The fraction of sp³-hybridized carbons (Fsp3) is 0.0625. The number of aryl methyl sites for hydroxylation is 1. The van der Waals surface area contributed by atoms with Crippen LogP contribution < -0.4 is 0 Å². The van der Waals surface area contributed by atoms with Crippen LogP contribution in [0.1, 0.15) is 5.69 Å². The first-order valence-electron chi connectivity index (χ1n) is 6.81. The minimum Gasteiger partial charge on any atom is -0.506 e. The first kappa shape index (κ1) is 13.0. The number of imidazole rings is 1. The van der Waals surface area contributed by atoms with Gasteiger partial charge >= 0.3 is 0 Å². The van der Waals surface area contributed by atoms with E-state index >= 15 is 0 Å². The van der Waals surface area contributed by atoms with Crippen LogP contribution in [0.4, 0.5) is 0 Å². The summed E-state index contributed by atoms with van der Waals surface area (Å²) in [6.07, 6.45) is 0. The molecule has 0 bridgehead atoms. The third-order valence-corrected chi connectivity index (χ3v) is 4.36. The zero-order valence-corrected chi connectivity index (χ0v) is 12.6. The standard InChI is InChI=1S/C16H12N4OS/c1-10-15(22-19-18-10)16-17-11-6-2-3-7-12(11)20(16)13-8-4-5-9-14(13)21/h2-9,21H,1H3. The number of rotatable bonds is 2. The highest BCUT2D eigenvalue weighted by Gasteiger charge is 2.19. The number of aromatic hydroxyl groups is 1. The molecule has 2 aromatic heterocycles. The van der Waals surface area contributed by atoms with E-state index in [0.717, 1.165) is 27.4 Å². The van der Waals surface area contributed by atoms with Gasteiger partial charge in [-0.05, 0) is 42.7 Å². The van der Waals surface area contributed by atoms with Gasteiger partial charge < -0.3 is 5.11 Å². The fourth-order valence-corrected chi connectivity index (χ4v) is 3.15. The van der Waals surface area contributed by atoms with E-state index in [1.165, 1.54) is 11.5 Å². The van der Waals surface area contributed by atoms with E-state index in [4.69, 9.17) is 4.98 Å². The van der Waals surface area contributed by atoms with Gasteiger partial charge in [0.05, 0.1) is 22.4 Å². The number of fused-ring (bicyclic) bond motifs is 1. The van der Waals surface area contributed by atoms with Gasteiger partial charge in [-0.25, -0.2) is 4.98 Å². The van der Waals surface area contributed by atoms with Crippen LogP contribution in [-0.2, 0) is 0 Å². The van der Waals surface area contributed by atoms with E-state index in [-0.39, 0.29) is 5.75 Å². The molecule has 0 aliphatic rings. The molecule has 22 heavy (non-hydrogen) atoms. The third-order valence-electron chi connectivity index (χ3n) is 3.54. The summed E-state index contributed by atoms with van der Waals surface area (Å²) in [6.45, 7) is 1.91. The largest absolute Gasteiger partial charge is 0.506 e. The molecule has 0 amide bonds. The lowest BCUT2D eigenvalue weighted by molar-refractivity contribution is 0.473. The molecule has 0 fully saturated rings. The van der Waals surface area contributed by atoms with Crippen LogP contribution >= 0.6 is 11.5 Å². The Bertz CT molecular complexity index is 973. The van der Waals surface area contributed by atoms with Crippen LogP contribution in [0.3, 0.4) is 0 Å². The molecule has 1 N–H and O–H groups in total. The van der Waals surface area contributed by atoms with Crippen molar-refractivity contribution >= 4 is 22.6 Å². The van der Waals surface area contributed by atoms with E-state index < -0.39 is 0 Å². The van der Waals surface area contributed by atoms with Gasteiger partial charge in [0, 0.05) is 0 Å². The van der Waals surface area contributed by atoms with Crippen molar-refractivity contribution in [3.63, 3.8) is 0 Å². The molecule has 0 aliphatic heterocycles. The zero-order valence-electron chi connectivity index (χ0n) is 11.8. The molecular formula is C16H12N4OS. The van der Waals surface area contributed by atoms with Crippen molar-refractivity contribution in [2.75, 3.05) is 0 Å². The molecule has 0 aliphatic carbocycles. The van der Waals surface area contributed by atoms with Crippen molar-refractivity contribution in [2.45, 2.75) is 6.92 Å². The topological polar surface area (TPSA) is 63.8 Å². The molecule has 0 radical (unpaired) electrons. The summed E-state index contributed by atoms with van der Waals surface area (Å²) in [5.41, 5.74) is 3.33. The highest BCUT2D eigenvalue weighted by molar-refractivity contribution is 7.09. The van der Waals surface area contributed by atoms with Gasteiger partial charge in [0.15, 0.2) is 5.82 Å². The number of phenols is 1. The molecular weight excluding hydrogens is 296 g/mol. The van der Waals surface area contributed by atoms with Gasteiger partial charge in [0.1, 0.15) is 10.6 Å². The van der Waals surface area contributed by atoms with E-state index in [1.54, 1.807) is 12.1 Å². The normalized spacial score (nSPS) is 11.1. The second-order valence-corrected chi connectivity index (χ2v) is 5.69. The molecule has 4 aromatic rings. The van der Waals surface area contributed by atoms with Crippen molar-refractivity contribution in [1.82, 2.24) is 19.1 Å². The summed E-state index contributed by atoms with van der Waals surface area (Å²) < 4.78 is 5.95. The van der Waals surface area contributed by atoms with Crippen LogP contribution in [0.25, 0.3) is 27.4 Å². The van der Waals surface area contributed by atoms with Crippen LogP contribution in [0.2, 0.25) is 0 Å². The lowest BCUT2D eigenvalue weighted by atomic mass is 10.2. The number of hydrogen-bond donors (Lipinski definition) is 1. The van der Waals surface area contributed by atoms with Gasteiger partial charge in [-0.2, -0.15) is 0 Å². The summed E-state index contributed by atoms with van der Waals surface area (Å²) in [4.78, 5) is 5.62. The van der Waals surface area contributed by atoms with Gasteiger partial charge in [0.2, 0.25) is 0 Å². The Kier molecular flexibility index (Phi) is 2.90. The number of benzene rings is 2. The third kappa shape index (κ3) is 1.88. The Balaban J connectivity index is 2.12. The summed E-state index contributed by atoms with van der Waals surface area (Å²) in [5, 5.41) is 14.3. The Morgan fingerprint density at radius 1 is 1.05 bits per heavy atom. The Labute approximate surface area is 130 Å². The maximum absolute atomic E-state index is 10.3. The van der Waals surface area contributed by atoms with E-state index in [0.29, 0.717) is 5.69 Å². The number of hydrogen-bond acceptors (Lipinski definition) is 5. The lowest BCUT2D eigenvalue weighted by Gasteiger charge is -2.10. The predicted octanol–water partition coefficient (Wildman–Crippen LogP) is 3.56. The quantitative estimate of drug-likeness (QED) is 0.615. The Morgan fingerprint density at radius 3 is 2.59 bits per heavy atom. The molecule has 0 saturated heterocycles. The monoisotopic (exact) mass is 308 g/mol. The van der Waals surface area contributed by atoms with E-state index in [9.17, 15) is 5.11 Å². The summed E-state index contributed by atoms with van der Waals surface area (Å²) in [7, 11) is 0. The minimum atomic E-state index is 0.210. The van der Waals surface area contributed by atoms with Crippen molar-refractivity contribution in [1.29, 1.82) is 0 Å². The molecule has 2 aromatic carbocycles. The van der Waals surface area contributed by atoms with Gasteiger partial charge in [-0.1, -0.05) is 28.8 Å². The fourth-order valence-electron chi connectivity index (χ4n) is 2.51. The molecule has 6 heteroatoms. The van der Waals surface area contributed by atoms with Gasteiger partial charge in [-0.3, -0.25) is 4.57 Å². The highest BCUT2D eigenvalue weighted by Crippen LogP contribution is 2.34. The number of nitrogens with zero attached hydrogens (tertiary/aromatic N) is 4. The SMILES string of the molecule is Cc1nnsc1-c1nc2ccccc2n1-c1ccccc1O. The molecule has 0 saturated carbocycles. The molecule has 2 heterocycles. The second-order valence-electron chi connectivity index (χ2n) is 4.94. The highest BCUT2D eigenvalue weighted by atomic mass is 32.1. The molecule has 0 unspecified atom stereocenters. The average Bonchev–Trinajstić information content (AvgIpc) is 3.11. The predicted molar refractivity (Wildman–Crippen MR) is 86.4 cm³/mol. The Morgan fingerprint density at radius 2 is 1.82 bits per heavy atom. The first-order valence-corrected chi connectivity index (χ1v) is 7.58. The summed E-state index contributed by atoms with van der Waals surface area (Å²) in [6, 6.07) is 15.1. The molecule has 108 valence electrons. The first-order chi connectivity index (χ1) is 10.8. The number of aromatic nitrogens is 4. The van der Waals surface area contributed by atoms with Crippen molar-refractivity contribution < 1.29 is 5.11 Å². The van der Waals surface area contributed by atoms with Gasteiger partial charge in [0.25, 0.3) is 0 Å². The van der Waals surface area contributed by atoms with Gasteiger partial charge in [-0.15, -0.1) is 5.10 Å². The summed E-state index contributed by atoms with van der Waals surface area (Å²) in [5.74, 6) is 0.956. The van der Waals surface area contributed by atoms with Crippen LogP contribution in [0.15, 0.2) is 48.5 Å². The maximum Gasteiger partial charge on any atom is 0.159 e. The van der Waals surface area contributed by atoms with Crippen LogP contribution in [0, 0.1) is 6.92 Å². The van der Waals surface area contributed by atoms with Crippen molar-refractivity contribution in [3.8, 4) is 22.1 Å². The molecule has 4 rings (SSSR count). The minimum absolute atomic E-state index is 0.210. The smallest absolute Gasteiger partial charge is 0.159 e. The van der Waals surface area contributed by atoms with Crippen LogP contribution in [0.5, 0.6) is 5.75 Å². The summed E-state index contributed by atoms with van der Waals surface area (Å²) >= 11 is 1.31. The maximum atomic E-state index is 10.3. The molecule has 0 spiro atoms. The Hall–Kier alpha value is -2.73. The van der Waals surface area contributed by atoms with E-state index in [1.807, 2.05) is 47.9 Å². The molecule has 5 nitrogen and oxygen atoms in total. The van der Waals surface area contributed by atoms with Crippen LogP contribution in [-0.4, -0.2) is 24.2 Å². The number of phenolic OH excluding ortho intramolecular Hbond substituents is 1. The number of para-hydroxylation sites is 4. The van der Waals surface area contributed by atoms with Crippen molar-refractivity contribution in [2.24, 2.45) is 0 Å². The van der Waals surface area contributed by atoms with Crippen molar-refractivity contribution in [3.05, 3.63) is 54.2 Å². The average molecular weight is 308 g/mol. The molecule has 0 atom stereocenters. The lowest BCUT2D eigenvalue weighted by Crippen LogP contribution is -1.97. The second kappa shape index (κ2) is 4.92.